The predicted octanol–water partition coefficient (Wildman–Crippen LogP) is 2.28. The van der Waals surface area contributed by atoms with Crippen LogP contribution in [0.1, 0.15) is 39.7 Å². The monoisotopic (exact) mass is 299 g/mol. The lowest BCUT2D eigenvalue weighted by molar-refractivity contribution is 0.263. The fourth-order valence-electron chi connectivity index (χ4n) is 1.97. The van der Waals surface area contributed by atoms with E-state index in [2.05, 4.69) is 4.72 Å². The quantitative estimate of drug-likeness (QED) is 0.847. The Morgan fingerprint density at radius 3 is 2.40 bits per heavy atom. The maximum atomic E-state index is 12.4. The molecule has 0 saturated heterocycles. The first-order valence-electron chi connectivity index (χ1n) is 6.88. The Labute approximate surface area is 122 Å². The molecule has 0 aromatic heterocycles. The first-order chi connectivity index (χ1) is 9.18. The molecule has 1 atom stereocenters. The number of nitrogens with one attached hydrogen (secondary N) is 1. The Bertz CT molecular complexity index is 532. The Morgan fingerprint density at radius 2 is 1.85 bits per heavy atom. The summed E-state index contributed by atoms with van der Waals surface area (Å²) in [7, 11) is -3.52. The van der Waals surface area contributed by atoms with Gasteiger partial charge < -0.3 is 5.11 Å². The van der Waals surface area contributed by atoms with E-state index in [0.717, 1.165) is 5.56 Å². The average molecular weight is 299 g/mol. The Morgan fingerprint density at radius 1 is 1.25 bits per heavy atom. The summed E-state index contributed by atoms with van der Waals surface area (Å²) in [4.78, 5) is 0.337. The normalized spacial score (nSPS) is 14.2. The van der Waals surface area contributed by atoms with E-state index in [1.807, 2.05) is 39.8 Å². The largest absolute Gasteiger partial charge is 0.396 e. The van der Waals surface area contributed by atoms with E-state index in [1.54, 1.807) is 12.1 Å². The second kappa shape index (κ2) is 6.70. The van der Waals surface area contributed by atoms with Crippen molar-refractivity contribution < 1.29 is 13.5 Å². The van der Waals surface area contributed by atoms with Crippen molar-refractivity contribution in [3.63, 3.8) is 0 Å². The third-order valence-electron chi connectivity index (χ3n) is 3.23. The standard InChI is InChI=1S/C15H25NO3S/c1-12(9-10-17)11-16-20(18,19)14-8-6-5-7-13(14)15(2,3)4/h5-8,12,16-17H,9-11H2,1-4H3. The predicted molar refractivity (Wildman–Crippen MR) is 81.2 cm³/mol. The van der Waals surface area contributed by atoms with Gasteiger partial charge >= 0.3 is 0 Å². The molecule has 0 bridgehead atoms. The third-order valence-corrected chi connectivity index (χ3v) is 4.71. The van der Waals surface area contributed by atoms with Gasteiger partial charge in [-0.3, -0.25) is 0 Å². The summed E-state index contributed by atoms with van der Waals surface area (Å²) in [5.41, 5.74) is 0.574. The second-order valence-electron chi connectivity index (χ2n) is 6.22. The van der Waals surface area contributed by atoms with Crippen LogP contribution in [0.4, 0.5) is 0 Å². The SMILES string of the molecule is CC(CCO)CNS(=O)(=O)c1ccccc1C(C)(C)C. The maximum absolute atomic E-state index is 12.4. The highest BCUT2D eigenvalue weighted by molar-refractivity contribution is 7.89. The molecule has 0 heterocycles. The molecule has 0 radical (unpaired) electrons. The van der Waals surface area contributed by atoms with E-state index in [1.165, 1.54) is 0 Å². The van der Waals surface area contributed by atoms with Gasteiger partial charge in [0.1, 0.15) is 0 Å². The van der Waals surface area contributed by atoms with Crippen LogP contribution in [-0.2, 0) is 15.4 Å². The zero-order chi connectivity index (χ0) is 15.4. The van der Waals surface area contributed by atoms with Gasteiger partial charge in [0.2, 0.25) is 10.0 Å². The molecule has 1 unspecified atom stereocenters. The van der Waals surface area contributed by atoms with Gasteiger partial charge in [0.25, 0.3) is 0 Å². The molecule has 0 spiro atoms. The molecular formula is C15H25NO3S. The molecule has 1 rings (SSSR count). The van der Waals surface area contributed by atoms with E-state index in [4.69, 9.17) is 5.11 Å². The van der Waals surface area contributed by atoms with E-state index in [9.17, 15) is 8.42 Å². The van der Waals surface area contributed by atoms with Crippen LogP contribution in [0.5, 0.6) is 0 Å². The van der Waals surface area contributed by atoms with Crippen LogP contribution >= 0.6 is 0 Å². The van der Waals surface area contributed by atoms with Crippen molar-refractivity contribution in [3.05, 3.63) is 29.8 Å². The molecule has 1 aromatic rings. The van der Waals surface area contributed by atoms with E-state index >= 15 is 0 Å². The lowest BCUT2D eigenvalue weighted by Gasteiger charge is -2.23. The molecule has 0 amide bonds. The summed E-state index contributed by atoms with van der Waals surface area (Å²) < 4.78 is 27.5. The molecule has 0 aliphatic heterocycles. The number of aliphatic hydroxyl groups is 1. The molecule has 4 nitrogen and oxygen atoms in total. The van der Waals surface area contributed by atoms with Gasteiger partial charge in [-0.1, -0.05) is 45.9 Å². The number of sulfonamides is 1. The molecule has 2 N–H and O–H groups in total. The summed E-state index contributed by atoms with van der Waals surface area (Å²) in [6.45, 7) is 8.30. The topological polar surface area (TPSA) is 66.4 Å². The van der Waals surface area contributed by atoms with Crippen LogP contribution in [0, 0.1) is 5.92 Å². The molecule has 0 aliphatic rings. The lowest BCUT2D eigenvalue weighted by Crippen LogP contribution is -2.30. The van der Waals surface area contributed by atoms with E-state index in [0.29, 0.717) is 17.9 Å². The summed E-state index contributed by atoms with van der Waals surface area (Å²) in [6.07, 6.45) is 0.587. The number of benzene rings is 1. The minimum absolute atomic E-state index is 0.0709. The van der Waals surface area contributed by atoms with Gasteiger partial charge in [-0.2, -0.15) is 0 Å². The van der Waals surface area contributed by atoms with Gasteiger partial charge in [-0.25, -0.2) is 13.1 Å². The second-order valence-corrected chi connectivity index (χ2v) is 7.95. The summed E-state index contributed by atoms with van der Waals surface area (Å²) >= 11 is 0. The number of hydrogen-bond donors (Lipinski definition) is 2. The smallest absolute Gasteiger partial charge is 0.240 e. The van der Waals surface area contributed by atoms with Crippen LogP contribution in [-0.4, -0.2) is 26.7 Å². The first-order valence-corrected chi connectivity index (χ1v) is 8.37. The Hall–Kier alpha value is -0.910. The highest BCUT2D eigenvalue weighted by atomic mass is 32.2. The van der Waals surface area contributed by atoms with Gasteiger partial charge in [0, 0.05) is 13.2 Å². The van der Waals surface area contributed by atoms with Crippen LogP contribution < -0.4 is 4.72 Å². The molecule has 0 saturated carbocycles. The molecule has 1 aromatic carbocycles. The van der Waals surface area contributed by atoms with Crippen LogP contribution in [0.2, 0.25) is 0 Å². The van der Waals surface area contributed by atoms with Crippen molar-refractivity contribution in [2.45, 2.75) is 44.4 Å². The summed E-state index contributed by atoms with van der Waals surface area (Å²) in [6, 6.07) is 7.08. The number of hydrogen-bond acceptors (Lipinski definition) is 3. The van der Waals surface area contributed by atoms with E-state index in [-0.39, 0.29) is 17.9 Å². The van der Waals surface area contributed by atoms with Crippen molar-refractivity contribution in [2.75, 3.05) is 13.2 Å². The Balaban J connectivity index is 2.99. The number of rotatable bonds is 6. The van der Waals surface area contributed by atoms with Crippen molar-refractivity contribution in [1.29, 1.82) is 0 Å². The zero-order valence-electron chi connectivity index (χ0n) is 12.7. The van der Waals surface area contributed by atoms with Crippen molar-refractivity contribution in [1.82, 2.24) is 4.72 Å². The minimum Gasteiger partial charge on any atom is -0.396 e. The van der Waals surface area contributed by atoms with Crippen molar-refractivity contribution in [3.8, 4) is 0 Å². The van der Waals surface area contributed by atoms with Gasteiger partial charge in [0.05, 0.1) is 4.90 Å². The molecule has 114 valence electrons. The minimum atomic E-state index is -3.52. The van der Waals surface area contributed by atoms with Crippen molar-refractivity contribution in [2.24, 2.45) is 5.92 Å². The van der Waals surface area contributed by atoms with Gasteiger partial charge in [-0.15, -0.1) is 0 Å². The maximum Gasteiger partial charge on any atom is 0.240 e. The summed E-state index contributed by atoms with van der Waals surface area (Å²) in [5, 5.41) is 8.86. The molecule has 0 fully saturated rings. The van der Waals surface area contributed by atoms with Gasteiger partial charge in [0.15, 0.2) is 0 Å². The van der Waals surface area contributed by atoms with E-state index < -0.39 is 10.0 Å². The zero-order valence-corrected chi connectivity index (χ0v) is 13.5. The van der Waals surface area contributed by atoms with Crippen LogP contribution in [0.15, 0.2) is 29.2 Å². The van der Waals surface area contributed by atoms with Crippen LogP contribution in [0.3, 0.4) is 0 Å². The van der Waals surface area contributed by atoms with Gasteiger partial charge in [-0.05, 0) is 29.4 Å². The molecule has 20 heavy (non-hydrogen) atoms. The highest BCUT2D eigenvalue weighted by Gasteiger charge is 2.25. The molecule has 0 aliphatic carbocycles. The fourth-order valence-corrected chi connectivity index (χ4v) is 3.55. The highest BCUT2D eigenvalue weighted by Crippen LogP contribution is 2.28. The average Bonchev–Trinajstić information content (AvgIpc) is 2.36. The van der Waals surface area contributed by atoms with Crippen LogP contribution in [0.25, 0.3) is 0 Å². The van der Waals surface area contributed by atoms with Crippen molar-refractivity contribution >= 4 is 10.0 Å². The third kappa shape index (κ3) is 4.58. The number of aliphatic hydroxyl groups excluding tert-OH is 1. The fraction of sp³-hybridized carbons (Fsp3) is 0.600. The summed E-state index contributed by atoms with van der Waals surface area (Å²) in [5.74, 6) is 0.108. The lowest BCUT2D eigenvalue weighted by atomic mass is 9.87. The first kappa shape index (κ1) is 17.1. The molecular weight excluding hydrogens is 274 g/mol. The molecule has 5 heteroatoms. The Kier molecular flexibility index (Phi) is 5.74.